The zero-order valence-corrected chi connectivity index (χ0v) is 13.3. The number of hydrogen-bond acceptors (Lipinski definition) is 5. The quantitative estimate of drug-likeness (QED) is 0.865. The highest BCUT2D eigenvalue weighted by atomic mass is 19.1. The van der Waals surface area contributed by atoms with Crippen LogP contribution in [0.3, 0.4) is 0 Å². The third-order valence-corrected chi connectivity index (χ3v) is 4.99. The van der Waals surface area contributed by atoms with Crippen LogP contribution in [0.5, 0.6) is 0 Å². The minimum atomic E-state index is -1.73. The summed E-state index contributed by atoms with van der Waals surface area (Å²) in [6, 6.07) is 3.46. The van der Waals surface area contributed by atoms with Gasteiger partial charge in [0.25, 0.3) is 5.89 Å². The van der Waals surface area contributed by atoms with Crippen molar-refractivity contribution in [2.45, 2.75) is 37.8 Å². The number of likely N-dealkylation sites (tertiary alicyclic amines) is 1. The molecular formula is C17H19FN4O2. The molecule has 1 atom stereocenters. The monoisotopic (exact) mass is 330 g/mol. The molecule has 126 valence electrons. The normalized spacial score (nSPS) is 24.6. The molecular weight excluding hydrogens is 311 g/mol. The molecule has 2 fully saturated rings. The van der Waals surface area contributed by atoms with Crippen LogP contribution < -0.4 is 0 Å². The van der Waals surface area contributed by atoms with Crippen LogP contribution in [0, 0.1) is 5.92 Å². The largest absolute Gasteiger partial charge is 0.339 e. The third kappa shape index (κ3) is 2.68. The van der Waals surface area contributed by atoms with Gasteiger partial charge in [0.2, 0.25) is 11.7 Å². The van der Waals surface area contributed by atoms with Crippen molar-refractivity contribution in [2.75, 3.05) is 13.1 Å². The summed E-state index contributed by atoms with van der Waals surface area (Å²) in [4.78, 5) is 22.2. The summed E-state index contributed by atoms with van der Waals surface area (Å²) in [5, 5.41) is 3.82. The Morgan fingerprint density at radius 1 is 1.29 bits per heavy atom. The maximum absolute atomic E-state index is 15.3. The van der Waals surface area contributed by atoms with Crippen LogP contribution in [0.2, 0.25) is 0 Å². The maximum atomic E-state index is 15.3. The molecule has 1 saturated carbocycles. The molecule has 0 spiro atoms. The number of carbonyl (C=O) groups excluding carboxylic acids is 1. The van der Waals surface area contributed by atoms with Crippen LogP contribution in [-0.2, 0) is 10.5 Å². The highest BCUT2D eigenvalue weighted by molar-refractivity contribution is 5.79. The van der Waals surface area contributed by atoms with Gasteiger partial charge in [-0.2, -0.15) is 4.98 Å². The molecule has 6 nitrogen and oxygen atoms in total. The molecule has 2 aromatic rings. The van der Waals surface area contributed by atoms with E-state index in [0.29, 0.717) is 12.1 Å². The Morgan fingerprint density at radius 3 is 2.79 bits per heavy atom. The number of carbonyl (C=O) groups is 1. The van der Waals surface area contributed by atoms with Crippen molar-refractivity contribution in [3.05, 3.63) is 30.4 Å². The van der Waals surface area contributed by atoms with Gasteiger partial charge in [0.15, 0.2) is 5.67 Å². The fraction of sp³-hybridized carbons (Fsp3) is 0.529. The lowest BCUT2D eigenvalue weighted by molar-refractivity contribution is -0.134. The van der Waals surface area contributed by atoms with E-state index in [1.54, 1.807) is 29.4 Å². The van der Waals surface area contributed by atoms with E-state index in [2.05, 4.69) is 15.1 Å². The SMILES string of the molecule is O=C(C1CCCC1)N1CCC(F)(c2noc(-c3ccncc3)n2)C1. The fourth-order valence-electron chi connectivity index (χ4n) is 3.59. The summed E-state index contributed by atoms with van der Waals surface area (Å²) in [7, 11) is 0. The second kappa shape index (κ2) is 5.96. The van der Waals surface area contributed by atoms with Gasteiger partial charge < -0.3 is 9.42 Å². The van der Waals surface area contributed by atoms with Crippen LogP contribution in [0.1, 0.15) is 37.9 Å². The topological polar surface area (TPSA) is 72.1 Å². The van der Waals surface area contributed by atoms with Gasteiger partial charge in [-0.25, -0.2) is 4.39 Å². The van der Waals surface area contributed by atoms with Gasteiger partial charge in [-0.05, 0) is 25.0 Å². The van der Waals surface area contributed by atoms with Crippen LogP contribution in [0.25, 0.3) is 11.5 Å². The first-order chi connectivity index (χ1) is 11.7. The predicted molar refractivity (Wildman–Crippen MR) is 83.5 cm³/mol. The van der Waals surface area contributed by atoms with Crippen molar-refractivity contribution in [3.8, 4) is 11.5 Å². The first-order valence-electron chi connectivity index (χ1n) is 8.38. The second-order valence-corrected chi connectivity index (χ2v) is 6.62. The van der Waals surface area contributed by atoms with Crippen molar-refractivity contribution < 1.29 is 13.7 Å². The maximum Gasteiger partial charge on any atom is 0.258 e. The minimum absolute atomic E-state index is 0.0116. The number of amides is 1. The first kappa shape index (κ1) is 15.2. The molecule has 24 heavy (non-hydrogen) atoms. The van der Waals surface area contributed by atoms with Gasteiger partial charge in [-0.15, -0.1) is 0 Å². The van der Waals surface area contributed by atoms with E-state index in [9.17, 15) is 4.79 Å². The van der Waals surface area contributed by atoms with Crippen LogP contribution in [0.4, 0.5) is 4.39 Å². The smallest absolute Gasteiger partial charge is 0.258 e. The third-order valence-electron chi connectivity index (χ3n) is 4.99. The second-order valence-electron chi connectivity index (χ2n) is 6.62. The van der Waals surface area contributed by atoms with Crippen molar-refractivity contribution in [3.63, 3.8) is 0 Å². The first-order valence-corrected chi connectivity index (χ1v) is 8.38. The molecule has 2 aliphatic rings. The predicted octanol–water partition coefficient (Wildman–Crippen LogP) is 2.72. The summed E-state index contributed by atoms with van der Waals surface area (Å²) in [6.07, 6.45) is 7.45. The Labute approximate surface area is 139 Å². The summed E-state index contributed by atoms with van der Waals surface area (Å²) in [6.45, 7) is 0.419. The van der Waals surface area contributed by atoms with Crippen molar-refractivity contribution in [2.24, 2.45) is 5.92 Å². The lowest BCUT2D eigenvalue weighted by Crippen LogP contribution is -2.36. The van der Waals surface area contributed by atoms with Crippen molar-refractivity contribution in [1.29, 1.82) is 0 Å². The van der Waals surface area contributed by atoms with Gasteiger partial charge in [-0.1, -0.05) is 18.0 Å². The van der Waals surface area contributed by atoms with E-state index in [-0.39, 0.29) is 36.5 Å². The molecule has 1 amide bonds. The van der Waals surface area contributed by atoms with E-state index >= 15 is 4.39 Å². The van der Waals surface area contributed by atoms with Gasteiger partial charge in [0, 0.05) is 36.8 Å². The van der Waals surface area contributed by atoms with E-state index in [0.717, 1.165) is 25.7 Å². The Balaban J connectivity index is 1.50. The zero-order valence-electron chi connectivity index (χ0n) is 13.3. The average molecular weight is 330 g/mol. The summed E-state index contributed by atoms with van der Waals surface area (Å²) < 4.78 is 20.5. The molecule has 0 bridgehead atoms. The van der Waals surface area contributed by atoms with E-state index in [1.807, 2.05) is 0 Å². The molecule has 1 aliphatic carbocycles. The van der Waals surface area contributed by atoms with Crippen molar-refractivity contribution in [1.82, 2.24) is 20.0 Å². The number of hydrogen-bond donors (Lipinski definition) is 0. The Hall–Kier alpha value is -2.31. The fourth-order valence-corrected chi connectivity index (χ4v) is 3.59. The number of halogens is 1. The van der Waals surface area contributed by atoms with Gasteiger partial charge >= 0.3 is 0 Å². The average Bonchev–Trinajstić information content (AvgIpc) is 3.36. The Kier molecular flexibility index (Phi) is 3.78. The summed E-state index contributed by atoms with van der Waals surface area (Å²) in [5.74, 6) is 0.427. The molecule has 7 heteroatoms. The van der Waals surface area contributed by atoms with Crippen LogP contribution in [0.15, 0.2) is 29.0 Å². The molecule has 0 N–H and O–H groups in total. The van der Waals surface area contributed by atoms with Crippen molar-refractivity contribution >= 4 is 5.91 Å². The highest BCUT2D eigenvalue weighted by Gasteiger charge is 2.46. The number of aromatic nitrogens is 3. The molecule has 1 saturated heterocycles. The molecule has 0 radical (unpaired) electrons. The number of pyridine rings is 1. The molecule has 1 aliphatic heterocycles. The van der Waals surface area contributed by atoms with Gasteiger partial charge in [0.1, 0.15) is 0 Å². The highest BCUT2D eigenvalue weighted by Crippen LogP contribution is 2.37. The number of nitrogens with zero attached hydrogens (tertiary/aromatic N) is 4. The Morgan fingerprint density at radius 2 is 2.04 bits per heavy atom. The zero-order chi connectivity index (χ0) is 16.6. The minimum Gasteiger partial charge on any atom is -0.339 e. The van der Waals surface area contributed by atoms with E-state index in [1.165, 1.54) is 0 Å². The lowest BCUT2D eigenvalue weighted by atomic mass is 10.0. The number of alkyl halides is 1. The van der Waals surface area contributed by atoms with Crippen LogP contribution >= 0.6 is 0 Å². The van der Waals surface area contributed by atoms with E-state index < -0.39 is 5.67 Å². The lowest BCUT2D eigenvalue weighted by Gasteiger charge is -2.21. The van der Waals surface area contributed by atoms with E-state index in [4.69, 9.17) is 4.52 Å². The summed E-state index contributed by atoms with van der Waals surface area (Å²) in [5.41, 5.74) is -1.03. The molecule has 2 aromatic heterocycles. The number of rotatable bonds is 3. The summed E-state index contributed by atoms with van der Waals surface area (Å²) >= 11 is 0. The standard InChI is InChI=1S/C17H19FN4O2/c18-17(7-10-22(11-17)15(23)13-3-1-2-4-13)16-20-14(24-21-16)12-5-8-19-9-6-12/h5-6,8-9,13H,1-4,7,10-11H2. The van der Waals surface area contributed by atoms with Gasteiger partial charge in [-0.3, -0.25) is 9.78 Å². The molecule has 4 rings (SSSR count). The molecule has 1 unspecified atom stereocenters. The van der Waals surface area contributed by atoms with Gasteiger partial charge in [0.05, 0.1) is 6.54 Å². The Bertz CT molecular complexity index is 729. The molecule has 3 heterocycles. The molecule has 0 aromatic carbocycles. The van der Waals surface area contributed by atoms with Crippen LogP contribution in [-0.4, -0.2) is 39.0 Å².